The third-order valence-corrected chi connectivity index (χ3v) is 4.23. The zero-order chi connectivity index (χ0) is 14.4. The largest absolute Gasteiger partial charge is 0.370 e. The standard InChI is InChI=1S/C14H27N5O/c1-2-19-8-4-6-12(19)10-17-14(15)16-9-11-5-3-7-13(20)18-11/h11-12H,2-10H2,1H3,(H,18,20)(H3,15,16,17). The number of carbonyl (C=O) groups excluding carboxylic acids is 1. The molecule has 4 N–H and O–H groups in total. The molecule has 0 saturated carbocycles. The van der Waals surface area contributed by atoms with Crippen LogP contribution in [0.5, 0.6) is 0 Å². The van der Waals surface area contributed by atoms with Crippen LogP contribution in [0.2, 0.25) is 0 Å². The molecule has 0 bridgehead atoms. The van der Waals surface area contributed by atoms with E-state index in [4.69, 9.17) is 5.73 Å². The molecular formula is C14H27N5O. The van der Waals surface area contributed by atoms with Crippen molar-refractivity contribution in [3.8, 4) is 0 Å². The number of piperidine rings is 1. The van der Waals surface area contributed by atoms with E-state index >= 15 is 0 Å². The zero-order valence-corrected chi connectivity index (χ0v) is 12.4. The summed E-state index contributed by atoms with van der Waals surface area (Å²) in [6, 6.07) is 0.721. The first-order valence-corrected chi connectivity index (χ1v) is 7.76. The minimum absolute atomic E-state index is 0.142. The maximum Gasteiger partial charge on any atom is 0.220 e. The van der Waals surface area contributed by atoms with E-state index in [1.165, 1.54) is 19.4 Å². The van der Waals surface area contributed by atoms with Crippen LogP contribution in [0.4, 0.5) is 0 Å². The van der Waals surface area contributed by atoms with E-state index < -0.39 is 0 Å². The maximum absolute atomic E-state index is 11.3. The number of amides is 1. The van der Waals surface area contributed by atoms with Crippen molar-refractivity contribution in [1.29, 1.82) is 0 Å². The molecule has 2 aliphatic heterocycles. The van der Waals surface area contributed by atoms with Crippen LogP contribution in [0.3, 0.4) is 0 Å². The van der Waals surface area contributed by atoms with Crippen LogP contribution >= 0.6 is 0 Å². The number of aliphatic imine (C=N–C) groups is 1. The summed E-state index contributed by atoms with van der Waals surface area (Å²) >= 11 is 0. The van der Waals surface area contributed by atoms with E-state index in [9.17, 15) is 4.79 Å². The van der Waals surface area contributed by atoms with Crippen molar-refractivity contribution in [2.75, 3.05) is 26.2 Å². The van der Waals surface area contributed by atoms with Gasteiger partial charge >= 0.3 is 0 Å². The Hall–Kier alpha value is -1.30. The monoisotopic (exact) mass is 281 g/mol. The van der Waals surface area contributed by atoms with Crippen molar-refractivity contribution in [1.82, 2.24) is 15.5 Å². The van der Waals surface area contributed by atoms with Gasteiger partial charge in [0.2, 0.25) is 5.91 Å². The van der Waals surface area contributed by atoms with Crippen LogP contribution < -0.4 is 16.4 Å². The molecule has 20 heavy (non-hydrogen) atoms. The molecule has 2 rings (SSSR count). The Morgan fingerprint density at radius 1 is 1.50 bits per heavy atom. The van der Waals surface area contributed by atoms with E-state index in [1.54, 1.807) is 0 Å². The number of guanidine groups is 1. The predicted molar refractivity (Wildman–Crippen MR) is 80.5 cm³/mol. The smallest absolute Gasteiger partial charge is 0.220 e. The molecule has 0 aromatic heterocycles. The van der Waals surface area contributed by atoms with Gasteiger partial charge in [-0.2, -0.15) is 0 Å². The summed E-state index contributed by atoms with van der Waals surface area (Å²) in [4.78, 5) is 18.2. The number of nitrogens with zero attached hydrogens (tertiary/aromatic N) is 2. The van der Waals surface area contributed by atoms with Gasteiger partial charge in [-0.1, -0.05) is 6.92 Å². The summed E-state index contributed by atoms with van der Waals surface area (Å²) in [5.74, 6) is 0.635. The number of rotatable bonds is 5. The molecule has 2 atom stereocenters. The summed E-state index contributed by atoms with van der Waals surface area (Å²) < 4.78 is 0. The molecule has 114 valence electrons. The van der Waals surface area contributed by atoms with Crippen molar-refractivity contribution in [2.24, 2.45) is 10.7 Å². The van der Waals surface area contributed by atoms with Gasteiger partial charge in [0.05, 0.1) is 6.54 Å². The third-order valence-electron chi connectivity index (χ3n) is 4.23. The molecule has 2 aliphatic rings. The summed E-state index contributed by atoms with van der Waals surface area (Å²) in [5, 5.41) is 6.09. The average Bonchev–Trinajstić information content (AvgIpc) is 2.90. The number of likely N-dealkylation sites (N-methyl/N-ethyl adjacent to an activating group) is 1. The Morgan fingerprint density at radius 3 is 3.10 bits per heavy atom. The Kier molecular flexibility index (Phi) is 5.64. The Labute approximate surface area is 121 Å². The molecule has 2 saturated heterocycles. The topological polar surface area (TPSA) is 82.8 Å². The molecular weight excluding hydrogens is 254 g/mol. The number of hydrogen-bond acceptors (Lipinski definition) is 3. The Balaban J connectivity index is 1.69. The summed E-state index contributed by atoms with van der Waals surface area (Å²) in [7, 11) is 0. The van der Waals surface area contributed by atoms with Crippen LogP contribution in [-0.4, -0.2) is 55.0 Å². The SMILES string of the molecule is CCN1CCCC1CN=C(N)NCC1CCCC(=O)N1. The second kappa shape index (κ2) is 7.47. The number of likely N-dealkylation sites (tertiary alicyclic amines) is 1. The quantitative estimate of drug-likeness (QED) is 0.491. The van der Waals surface area contributed by atoms with Gasteiger partial charge in [0.25, 0.3) is 0 Å². The van der Waals surface area contributed by atoms with Crippen molar-refractivity contribution in [2.45, 2.75) is 51.1 Å². The van der Waals surface area contributed by atoms with Gasteiger partial charge < -0.3 is 16.4 Å². The van der Waals surface area contributed by atoms with Gasteiger partial charge in [-0.25, -0.2) is 0 Å². The molecule has 0 aliphatic carbocycles. The van der Waals surface area contributed by atoms with E-state index in [0.29, 0.717) is 25.0 Å². The minimum atomic E-state index is 0.142. The van der Waals surface area contributed by atoms with Crippen molar-refractivity contribution in [3.63, 3.8) is 0 Å². The Morgan fingerprint density at radius 2 is 2.35 bits per heavy atom. The first-order valence-electron chi connectivity index (χ1n) is 7.76. The van der Waals surface area contributed by atoms with Crippen LogP contribution in [0.1, 0.15) is 39.0 Å². The fourth-order valence-corrected chi connectivity index (χ4v) is 3.04. The lowest BCUT2D eigenvalue weighted by Gasteiger charge is -2.24. The molecule has 6 heteroatoms. The summed E-state index contributed by atoms with van der Waals surface area (Å²) in [6.45, 7) is 5.89. The molecule has 6 nitrogen and oxygen atoms in total. The molecule has 0 radical (unpaired) electrons. The number of hydrogen-bond donors (Lipinski definition) is 3. The van der Waals surface area contributed by atoms with E-state index in [2.05, 4.69) is 27.4 Å². The van der Waals surface area contributed by atoms with Crippen molar-refractivity contribution >= 4 is 11.9 Å². The molecule has 2 heterocycles. The van der Waals surface area contributed by atoms with E-state index in [0.717, 1.165) is 25.9 Å². The highest BCUT2D eigenvalue weighted by molar-refractivity contribution is 5.79. The van der Waals surface area contributed by atoms with Gasteiger partial charge in [0.1, 0.15) is 0 Å². The molecule has 0 aromatic carbocycles. The first-order chi connectivity index (χ1) is 9.69. The number of nitrogens with one attached hydrogen (secondary N) is 2. The average molecular weight is 281 g/mol. The fraction of sp³-hybridized carbons (Fsp3) is 0.857. The second-order valence-corrected chi connectivity index (χ2v) is 5.69. The summed E-state index contributed by atoms with van der Waals surface area (Å²) in [6.07, 6.45) is 5.09. The highest BCUT2D eigenvalue weighted by atomic mass is 16.1. The number of nitrogens with two attached hydrogens (primary N) is 1. The molecule has 2 fully saturated rings. The van der Waals surface area contributed by atoms with Crippen molar-refractivity contribution < 1.29 is 4.79 Å². The maximum atomic E-state index is 11.3. The zero-order valence-electron chi connectivity index (χ0n) is 12.4. The Bertz CT molecular complexity index is 357. The van der Waals surface area contributed by atoms with Gasteiger partial charge in [-0.3, -0.25) is 14.7 Å². The highest BCUT2D eigenvalue weighted by Gasteiger charge is 2.22. The first kappa shape index (κ1) is 15.1. The molecule has 2 unspecified atom stereocenters. The van der Waals surface area contributed by atoms with Crippen LogP contribution in [0.25, 0.3) is 0 Å². The van der Waals surface area contributed by atoms with Crippen LogP contribution in [-0.2, 0) is 4.79 Å². The lowest BCUT2D eigenvalue weighted by Crippen LogP contribution is -2.47. The van der Waals surface area contributed by atoms with E-state index in [-0.39, 0.29) is 11.9 Å². The van der Waals surface area contributed by atoms with Gasteiger partial charge in [-0.15, -0.1) is 0 Å². The van der Waals surface area contributed by atoms with Crippen LogP contribution in [0, 0.1) is 0 Å². The lowest BCUT2D eigenvalue weighted by molar-refractivity contribution is -0.123. The number of carbonyl (C=O) groups is 1. The third kappa shape index (κ3) is 4.37. The lowest BCUT2D eigenvalue weighted by atomic mass is 10.0. The molecule has 0 aromatic rings. The van der Waals surface area contributed by atoms with Crippen LogP contribution in [0.15, 0.2) is 4.99 Å². The highest BCUT2D eigenvalue weighted by Crippen LogP contribution is 2.16. The minimum Gasteiger partial charge on any atom is -0.370 e. The second-order valence-electron chi connectivity index (χ2n) is 5.69. The van der Waals surface area contributed by atoms with Gasteiger partial charge in [0.15, 0.2) is 5.96 Å². The van der Waals surface area contributed by atoms with Gasteiger partial charge in [-0.05, 0) is 38.8 Å². The van der Waals surface area contributed by atoms with Crippen molar-refractivity contribution in [3.05, 3.63) is 0 Å². The molecule has 0 spiro atoms. The predicted octanol–water partition coefficient (Wildman–Crippen LogP) is 0.0437. The molecule has 1 amide bonds. The van der Waals surface area contributed by atoms with Gasteiger partial charge in [0, 0.05) is 25.0 Å². The fourth-order valence-electron chi connectivity index (χ4n) is 3.04. The summed E-state index contributed by atoms with van der Waals surface area (Å²) in [5.41, 5.74) is 5.90. The normalized spacial score (nSPS) is 28.4. The van der Waals surface area contributed by atoms with E-state index in [1.807, 2.05) is 0 Å².